The number of carbonyl (C=O) groups is 1. The largest absolute Gasteiger partial charge is 0.430 e. The zero-order valence-corrected chi connectivity index (χ0v) is 13.5. The third kappa shape index (κ3) is 5.82. The minimum atomic E-state index is -4.77. The fourth-order valence-electron chi connectivity index (χ4n) is 1.62. The molecule has 0 aliphatic rings. The number of allylic oxidation sites excluding steroid dienone is 1. The van der Waals surface area contributed by atoms with Crippen molar-refractivity contribution in [3.8, 4) is 11.8 Å². The van der Waals surface area contributed by atoms with E-state index >= 15 is 0 Å². The van der Waals surface area contributed by atoms with Crippen LogP contribution < -0.4 is 17.2 Å². The van der Waals surface area contributed by atoms with E-state index in [4.69, 9.17) is 17.2 Å². The van der Waals surface area contributed by atoms with Gasteiger partial charge in [-0.05, 0) is 12.0 Å². The number of halogens is 3. The van der Waals surface area contributed by atoms with Crippen LogP contribution >= 0.6 is 0 Å². The summed E-state index contributed by atoms with van der Waals surface area (Å²) in [6.45, 7) is 0. The Morgan fingerprint density at radius 3 is 2.48 bits per heavy atom. The maximum Gasteiger partial charge on any atom is 0.430 e. The summed E-state index contributed by atoms with van der Waals surface area (Å²) in [6.07, 6.45) is 0.834. The molecule has 0 saturated carbocycles. The van der Waals surface area contributed by atoms with Gasteiger partial charge >= 0.3 is 6.18 Å². The van der Waals surface area contributed by atoms with Crippen molar-refractivity contribution in [1.82, 2.24) is 15.0 Å². The fourth-order valence-corrected chi connectivity index (χ4v) is 1.62. The van der Waals surface area contributed by atoms with Crippen LogP contribution in [0, 0.1) is 11.8 Å². The number of alkyl halides is 3. The minimum absolute atomic E-state index is 0.0212. The molecule has 138 valence electrons. The Labute approximate surface area is 151 Å². The summed E-state index contributed by atoms with van der Waals surface area (Å²) in [5, 5.41) is 0. The molecule has 6 N–H and O–H groups in total. The van der Waals surface area contributed by atoms with Crippen molar-refractivity contribution < 1.29 is 18.0 Å². The predicted octanol–water partition coefficient (Wildman–Crippen LogP) is 0.756. The number of hydrogen-bond acceptors (Lipinski definition) is 6. The third-order valence-corrected chi connectivity index (χ3v) is 2.85. The zero-order valence-electron chi connectivity index (χ0n) is 13.5. The number of amides is 1. The molecule has 0 bridgehead atoms. The summed E-state index contributed by atoms with van der Waals surface area (Å²) in [4.78, 5) is 26.9. The Balaban J connectivity index is 2.21. The highest BCUT2D eigenvalue weighted by molar-refractivity contribution is 6.06. The van der Waals surface area contributed by atoms with E-state index in [9.17, 15) is 18.0 Å². The number of rotatable bonds is 2. The number of nitrogen functional groups attached to an aromatic ring is 1. The third-order valence-electron chi connectivity index (χ3n) is 2.85. The smallest absolute Gasteiger partial charge is 0.395 e. The molecular weight excluding hydrogens is 363 g/mol. The molecule has 11 heteroatoms. The zero-order chi connectivity index (χ0) is 20.0. The molecule has 0 aromatic carbocycles. The molecule has 0 atom stereocenters. The number of nitrogens with two attached hydrogens (primary N) is 3. The van der Waals surface area contributed by atoms with Gasteiger partial charge in [-0.15, -0.1) is 0 Å². The number of carbonyl (C=O) groups excluding carboxylic acids is 1. The molecule has 2 rings (SSSR count). The molecule has 0 spiro atoms. The Bertz CT molecular complexity index is 970. The number of aromatic nitrogens is 3. The van der Waals surface area contributed by atoms with Gasteiger partial charge in [-0.25, -0.2) is 9.97 Å². The standard InChI is InChI=1S/C16H12F3N7O/c17-16(18,19)12(20)4-13(21)26-15(27)10-3-9(5-23-6-10)1-2-11-7-25-14(22)8-24-11/h3-8H,20H2,(H2,22,25)(H2,21,26,27)/b12-4-. The topological polar surface area (TPSA) is 146 Å². The molecular formula is C16H12F3N7O. The molecule has 27 heavy (non-hydrogen) atoms. The number of anilines is 1. The quantitative estimate of drug-likeness (QED) is 0.399. The van der Waals surface area contributed by atoms with Gasteiger partial charge in [-0.1, -0.05) is 5.92 Å². The van der Waals surface area contributed by atoms with Crippen molar-refractivity contribution in [3.05, 3.63) is 59.4 Å². The number of aliphatic imine (C=N–C) groups is 1. The second-order valence-electron chi connectivity index (χ2n) is 4.98. The Morgan fingerprint density at radius 1 is 1.11 bits per heavy atom. The molecule has 2 aromatic heterocycles. The van der Waals surface area contributed by atoms with E-state index in [1.807, 2.05) is 0 Å². The molecule has 0 aliphatic heterocycles. The highest BCUT2D eigenvalue weighted by Gasteiger charge is 2.31. The first kappa shape index (κ1) is 19.4. The fraction of sp³-hybridized carbons (Fsp3) is 0.0625. The lowest BCUT2D eigenvalue weighted by atomic mass is 10.2. The van der Waals surface area contributed by atoms with Crippen molar-refractivity contribution >= 4 is 17.6 Å². The first-order chi connectivity index (χ1) is 12.6. The molecule has 0 radical (unpaired) electrons. The van der Waals surface area contributed by atoms with Gasteiger partial charge in [0.05, 0.1) is 18.0 Å². The van der Waals surface area contributed by atoms with Crippen LogP contribution in [-0.2, 0) is 0 Å². The first-order valence-electron chi connectivity index (χ1n) is 7.12. The van der Waals surface area contributed by atoms with Gasteiger partial charge in [0.1, 0.15) is 23.0 Å². The van der Waals surface area contributed by atoms with Crippen LogP contribution in [0.3, 0.4) is 0 Å². The van der Waals surface area contributed by atoms with Gasteiger partial charge in [-0.2, -0.15) is 18.2 Å². The summed E-state index contributed by atoms with van der Waals surface area (Å²) < 4.78 is 37.0. The summed E-state index contributed by atoms with van der Waals surface area (Å²) in [5.41, 5.74) is 14.7. The average Bonchev–Trinajstić information content (AvgIpc) is 2.60. The second-order valence-corrected chi connectivity index (χ2v) is 4.98. The lowest BCUT2D eigenvalue weighted by Crippen LogP contribution is -2.23. The van der Waals surface area contributed by atoms with Crippen LogP contribution in [0.4, 0.5) is 19.0 Å². The van der Waals surface area contributed by atoms with E-state index in [-0.39, 0.29) is 11.4 Å². The predicted molar refractivity (Wildman–Crippen MR) is 90.9 cm³/mol. The Hall–Kier alpha value is -3.94. The van der Waals surface area contributed by atoms with E-state index in [1.165, 1.54) is 30.9 Å². The number of amidine groups is 1. The van der Waals surface area contributed by atoms with E-state index < -0.39 is 23.6 Å². The summed E-state index contributed by atoms with van der Waals surface area (Å²) >= 11 is 0. The van der Waals surface area contributed by atoms with Crippen molar-refractivity contribution in [2.24, 2.45) is 16.5 Å². The average molecular weight is 375 g/mol. The van der Waals surface area contributed by atoms with Gasteiger partial charge in [0.25, 0.3) is 5.91 Å². The first-order valence-corrected chi connectivity index (χ1v) is 7.12. The minimum Gasteiger partial charge on any atom is -0.395 e. The van der Waals surface area contributed by atoms with Crippen LogP contribution in [0.25, 0.3) is 0 Å². The number of nitrogens with zero attached hydrogens (tertiary/aromatic N) is 4. The van der Waals surface area contributed by atoms with Crippen LogP contribution in [0.15, 0.2) is 47.6 Å². The van der Waals surface area contributed by atoms with Crippen molar-refractivity contribution in [2.75, 3.05) is 5.73 Å². The Kier molecular flexibility index (Phi) is 5.71. The molecule has 2 heterocycles. The number of pyridine rings is 1. The van der Waals surface area contributed by atoms with Crippen molar-refractivity contribution in [2.45, 2.75) is 6.18 Å². The molecule has 1 amide bonds. The summed E-state index contributed by atoms with van der Waals surface area (Å²) in [5.74, 6) is 4.06. The monoisotopic (exact) mass is 375 g/mol. The Morgan fingerprint density at radius 2 is 1.85 bits per heavy atom. The summed E-state index contributed by atoms with van der Waals surface area (Å²) in [6, 6.07) is 1.35. The van der Waals surface area contributed by atoms with Gasteiger partial charge < -0.3 is 17.2 Å². The maximum atomic E-state index is 12.3. The summed E-state index contributed by atoms with van der Waals surface area (Å²) in [7, 11) is 0. The SMILES string of the molecule is NC(/C=C(\N)C(F)(F)F)=NC(=O)c1cncc(C#Cc2cnc(N)cn2)c1. The normalized spacial score (nSPS) is 12.3. The molecule has 2 aromatic rings. The number of hydrogen-bond donors (Lipinski definition) is 3. The second kappa shape index (κ2) is 7.96. The van der Waals surface area contributed by atoms with Gasteiger partial charge in [0, 0.05) is 24.0 Å². The van der Waals surface area contributed by atoms with Gasteiger partial charge in [-0.3, -0.25) is 9.78 Å². The highest BCUT2D eigenvalue weighted by atomic mass is 19.4. The van der Waals surface area contributed by atoms with Gasteiger partial charge in [0.15, 0.2) is 0 Å². The van der Waals surface area contributed by atoms with Crippen LogP contribution in [0.1, 0.15) is 21.6 Å². The van der Waals surface area contributed by atoms with E-state index in [2.05, 4.69) is 31.8 Å². The van der Waals surface area contributed by atoms with Crippen molar-refractivity contribution in [1.29, 1.82) is 0 Å². The molecule has 0 unspecified atom stereocenters. The molecule has 0 aliphatic carbocycles. The van der Waals surface area contributed by atoms with Crippen LogP contribution in [-0.4, -0.2) is 32.9 Å². The van der Waals surface area contributed by atoms with Gasteiger partial charge in [0.2, 0.25) is 0 Å². The van der Waals surface area contributed by atoms with E-state index in [1.54, 1.807) is 0 Å². The lowest BCUT2D eigenvalue weighted by molar-refractivity contribution is -0.0925. The van der Waals surface area contributed by atoms with Crippen LogP contribution in [0.2, 0.25) is 0 Å². The van der Waals surface area contributed by atoms with E-state index in [0.29, 0.717) is 17.3 Å². The highest BCUT2D eigenvalue weighted by Crippen LogP contribution is 2.20. The van der Waals surface area contributed by atoms with Crippen LogP contribution in [0.5, 0.6) is 0 Å². The lowest BCUT2D eigenvalue weighted by Gasteiger charge is -2.05. The van der Waals surface area contributed by atoms with E-state index in [0.717, 1.165) is 0 Å². The molecule has 0 saturated heterocycles. The molecule has 8 nitrogen and oxygen atoms in total. The molecule has 0 fully saturated rings. The van der Waals surface area contributed by atoms with Crippen molar-refractivity contribution in [3.63, 3.8) is 0 Å². The maximum absolute atomic E-state index is 12.3.